The van der Waals surface area contributed by atoms with E-state index in [4.69, 9.17) is 0 Å². The first kappa shape index (κ1) is 14.7. The minimum absolute atomic E-state index is 0.112. The first-order chi connectivity index (χ1) is 9.40. The highest BCUT2D eigenvalue weighted by molar-refractivity contribution is 5.25. The van der Waals surface area contributed by atoms with Gasteiger partial charge in [0.25, 0.3) is 0 Å². The summed E-state index contributed by atoms with van der Waals surface area (Å²) in [6.45, 7) is 4.06. The maximum absolute atomic E-state index is 14.0. The number of imidazole rings is 1. The Kier molecular flexibility index (Phi) is 4.18. The van der Waals surface area contributed by atoms with Gasteiger partial charge >= 0.3 is 0 Å². The molecule has 0 spiro atoms. The highest BCUT2D eigenvalue weighted by Gasteiger charge is 2.33. The van der Waals surface area contributed by atoms with Crippen LogP contribution in [0.3, 0.4) is 0 Å². The first-order valence-electron chi connectivity index (χ1n) is 6.54. The van der Waals surface area contributed by atoms with Gasteiger partial charge in [0.05, 0.1) is 12.9 Å². The van der Waals surface area contributed by atoms with Gasteiger partial charge in [-0.25, -0.2) is 13.8 Å². The summed E-state index contributed by atoms with van der Waals surface area (Å²) in [6.07, 6.45) is 5.23. The van der Waals surface area contributed by atoms with Gasteiger partial charge < -0.3 is 9.67 Å². The van der Waals surface area contributed by atoms with Gasteiger partial charge in [-0.05, 0) is 18.4 Å². The van der Waals surface area contributed by atoms with Crippen LogP contribution >= 0.6 is 0 Å². The average molecular weight is 280 g/mol. The van der Waals surface area contributed by atoms with Crippen LogP contribution in [0.2, 0.25) is 0 Å². The van der Waals surface area contributed by atoms with E-state index in [0.717, 1.165) is 12.1 Å². The quantitative estimate of drug-likeness (QED) is 0.914. The fraction of sp³-hybridized carbons (Fsp3) is 0.400. The number of rotatable bonds is 5. The van der Waals surface area contributed by atoms with Crippen LogP contribution in [0.5, 0.6) is 0 Å². The van der Waals surface area contributed by atoms with Crippen molar-refractivity contribution >= 4 is 0 Å². The Bertz CT molecular complexity index is 569. The van der Waals surface area contributed by atoms with Crippen molar-refractivity contribution < 1.29 is 13.9 Å². The largest absolute Gasteiger partial charge is 0.383 e. The molecule has 0 aliphatic carbocycles. The summed E-state index contributed by atoms with van der Waals surface area (Å²) in [5.41, 5.74) is -1.28. The molecular weight excluding hydrogens is 262 g/mol. The molecule has 0 radical (unpaired) electrons. The third-order valence-corrected chi connectivity index (χ3v) is 3.18. The molecule has 5 heteroatoms. The molecule has 1 N–H and O–H groups in total. The Morgan fingerprint density at radius 2 is 2.10 bits per heavy atom. The summed E-state index contributed by atoms with van der Waals surface area (Å²) in [6, 6.07) is 3.27. The molecule has 1 heterocycles. The Labute approximate surface area is 116 Å². The molecule has 0 saturated heterocycles. The van der Waals surface area contributed by atoms with Gasteiger partial charge in [-0.15, -0.1) is 0 Å². The van der Waals surface area contributed by atoms with Gasteiger partial charge in [0, 0.05) is 24.0 Å². The van der Waals surface area contributed by atoms with E-state index in [9.17, 15) is 13.9 Å². The van der Waals surface area contributed by atoms with E-state index in [1.165, 1.54) is 6.07 Å². The second kappa shape index (κ2) is 5.71. The number of hydrogen-bond acceptors (Lipinski definition) is 2. The molecule has 0 aliphatic heterocycles. The van der Waals surface area contributed by atoms with Crippen molar-refractivity contribution in [1.82, 2.24) is 9.55 Å². The maximum Gasteiger partial charge on any atom is 0.132 e. The molecule has 0 fully saturated rings. The lowest BCUT2D eigenvalue weighted by atomic mass is 9.85. The maximum atomic E-state index is 14.0. The zero-order valence-electron chi connectivity index (χ0n) is 11.6. The molecule has 3 nitrogen and oxygen atoms in total. The fourth-order valence-electron chi connectivity index (χ4n) is 2.48. The van der Waals surface area contributed by atoms with Crippen molar-refractivity contribution in [3.63, 3.8) is 0 Å². The highest BCUT2D eigenvalue weighted by Crippen LogP contribution is 2.32. The Morgan fingerprint density at radius 3 is 2.65 bits per heavy atom. The van der Waals surface area contributed by atoms with Crippen LogP contribution in [0.4, 0.5) is 8.78 Å². The summed E-state index contributed by atoms with van der Waals surface area (Å²) in [7, 11) is 0. The van der Waals surface area contributed by atoms with Crippen LogP contribution in [0.15, 0.2) is 36.9 Å². The molecule has 1 aromatic carbocycles. The lowest BCUT2D eigenvalue weighted by Crippen LogP contribution is -2.34. The van der Waals surface area contributed by atoms with E-state index >= 15 is 0 Å². The van der Waals surface area contributed by atoms with Gasteiger partial charge in [-0.3, -0.25) is 0 Å². The van der Waals surface area contributed by atoms with E-state index in [2.05, 4.69) is 4.98 Å². The average Bonchev–Trinajstić information content (AvgIpc) is 2.79. The number of hydrogen-bond donors (Lipinski definition) is 1. The second-order valence-corrected chi connectivity index (χ2v) is 5.49. The summed E-state index contributed by atoms with van der Waals surface area (Å²) in [4.78, 5) is 3.91. The summed E-state index contributed by atoms with van der Waals surface area (Å²) in [5, 5.41) is 10.9. The predicted molar refractivity (Wildman–Crippen MR) is 71.9 cm³/mol. The summed E-state index contributed by atoms with van der Waals surface area (Å²) < 4.78 is 28.7. The first-order valence-corrected chi connectivity index (χ1v) is 6.54. The van der Waals surface area contributed by atoms with E-state index < -0.39 is 17.2 Å². The Morgan fingerprint density at radius 1 is 1.35 bits per heavy atom. The smallest absolute Gasteiger partial charge is 0.132 e. The lowest BCUT2D eigenvalue weighted by Gasteiger charge is -2.31. The van der Waals surface area contributed by atoms with Crippen molar-refractivity contribution in [3.8, 4) is 0 Å². The van der Waals surface area contributed by atoms with Crippen molar-refractivity contribution in [2.24, 2.45) is 5.92 Å². The molecule has 0 amide bonds. The number of benzene rings is 1. The zero-order chi connectivity index (χ0) is 14.8. The Hall–Kier alpha value is -1.75. The minimum Gasteiger partial charge on any atom is -0.383 e. The number of halogens is 2. The topological polar surface area (TPSA) is 38.0 Å². The van der Waals surface area contributed by atoms with E-state index in [0.29, 0.717) is 6.42 Å². The van der Waals surface area contributed by atoms with Crippen LogP contribution in [-0.2, 0) is 12.1 Å². The van der Waals surface area contributed by atoms with Crippen molar-refractivity contribution in [2.75, 3.05) is 0 Å². The predicted octanol–water partition coefficient (Wildman–Crippen LogP) is 3.10. The SMILES string of the molecule is CC(C)CC(O)(Cn1ccnc1)c1ccc(F)cc1F. The van der Waals surface area contributed by atoms with Crippen LogP contribution in [-0.4, -0.2) is 14.7 Å². The highest BCUT2D eigenvalue weighted by atomic mass is 19.1. The molecule has 1 unspecified atom stereocenters. The molecule has 0 aliphatic rings. The van der Waals surface area contributed by atoms with E-state index in [-0.39, 0.29) is 18.0 Å². The molecule has 2 rings (SSSR count). The monoisotopic (exact) mass is 280 g/mol. The molecule has 0 bridgehead atoms. The van der Waals surface area contributed by atoms with E-state index in [1.54, 1.807) is 23.3 Å². The third kappa shape index (κ3) is 3.22. The van der Waals surface area contributed by atoms with Gasteiger partial charge in [-0.2, -0.15) is 0 Å². The molecule has 108 valence electrons. The molecule has 1 atom stereocenters. The van der Waals surface area contributed by atoms with Gasteiger partial charge in [0.2, 0.25) is 0 Å². The van der Waals surface area contributed by atoms with Crippen molar-refractivity contribution in [3.05, 3.63) is 54.1 Å². The summed E-state index contributed by atoms with van der Waals surface area (Å²) in [5.74, 6) is -1.22. The van der Waals surface area contributed by atoms with Crippen LogP contribution in [0, 0.1) is 17.6 Å². The minimum atomic E-state index is -1.40. The van der Waals surface area contributed by atoms with Gasteiger partial charge in [-0.1, -0.05) is 19.9 Å². The van der Waals surface area contributed by atoms with Crippen LogP contribution < -0.4 is 0 Å². The lowest BCUT2D eigenvalue weighted by molar-refractivity contribution is -0.00499. The standard InChI is InChI=1S/C15H18F2N2O/c1-11(2)8-15(20,9-19-6-5-18-10-19)13-4-3-12(16)7-14(13)17/h3-7,10-11,20H,8-9H2,1-2H3. The Balaban J connectivity index is 2.39. The zero-order valence-corrected chi connectivity index (χ0v) is 11.6. The molecule has 0 saturated carbocycles. The van der Waals surface area contributed by atoms with Gasteiger partial charge in [0.1, 0.15) is 17.2 Å². The third-order valence-electron chi connectivity index (χ3n) is 3.18. The number of aliphatic hydroxyl groups is 1. The molecule has 1 aromatic heterocycles. The van der Waals surface area contributed by atoms with Crippen molar-refractivity contribution in [2.45, 2.75) is 32.4 Å². The van der Waals surface area contributed by atoms with Gasteiger partial charge in [0.15, 0.2) is 0 Å². The van der Waals surface area contributed by atoms with Crippen LogP contribution in [0.1, 0.15) is 25.8 Å². The van der Waals surface area contributed by atoms with E-state index in [1.807, 2.05) is 13.8 Å². The fourth-order valence-corrected chi connectivity index (χ4v) is 2.48. The van der Waals surface area contributed by atoms with Crippen molar-refractivity contribution in [1.29, 1.82) is 0 Å². The number of aromatic nitrogens is 2. The molecule has 2 aromatic rings. The normalized spacial score (nSPS) is 14.5. The molecule has 20 heavy (non-hydrogen) atoms. The molecular formula is C15H18F2N2O. The number of nitrogens with zero attached hydrogens (tertiary/aromatic N) is 2. The summed E-state index contributed by atoms with van der Waals surface area (Å²) >= 11 is 0. The second-order valence-electron chi connectivity index (χ2n) is 5.49. The van der Waals surface area contributed by atoms with Crippen LogP contribution in [0.25, 0.3) is 0 Å².